The lowest BCUT2D eigenvalue weighted by atomic mass is 10.1. The van der Waals surface area contributed by atoms with E-state index in [9.17, 15) is 4.39 Å². The Morgan fingerprint density at radius 1 is 1.28 bits per heavy atom. The maximum Gasteiger partial charge on any atom is 0.141 e. The van der Waals surface area contributed by atoms with E-state index in [2.05, 4.69) is 36.1 Å². The summed E-state index contributed by atoms with van der Waals surface area (Å²) in [5.41, 5.74) is 1.57. The van der Waals surface area contributed by atoms with E-state index in [-0.39, 0.29) is 11.4 Å². The first kappa shape index (κ1) is 13.1. The first-order valence-corrected chi connectivity index (χ1v) is 6.63. The summed E-state index contributed by atoms with van der Waals surface area (Å²) in [6.07, 6.45) is 1.21. The molecule has 0 fully saturated rings. The molecular formula is C13H16FN3S. The van der Waals surface area contributed by atoms with Crippen LogP contribution in [0.4, 0.5) is 4.39 Å². The number of nitrogens with zero attached hydrogens (tertiary/aromatic N) is 2. The molecule has 5 heteroatoms. The van der Waals surface area contributed by atoms with Crippen molar-refractivity contribution in [1.29, 1.82) is 0 Å². The van der Waals surface area contributed by atoms with Crippen LogP contribution in [0.5, 0.6) is 0 Å². The number of rotatable bonds is 3. The summed E-state index contributed by atoms with van der Waals surface area (Å²) in [7, 11) is 0. The highest BCUT2D eigenvalue weighted by Gasteiger charge is 2.11. The van der Waals surface area contributed by atoms with E-state index in [4.69, 9.17) is 0 Å². The van der Waals surface area contributed by atoms with E-state index in [1.165, 1.54) is 12.3 Å². The molecule has 1 N–H and O–H groups in total. The number of aromatic nitrogens is 2. The fourth-order valence-corrected chi connectivity index (χ4v) is 2.11. The molecule has 0 amide bonds. The van der Waals surface area contributed by atoms with Crippen LogP contribution in [-0.4, -0.2) is 15.5 Å². The molecule has 0 atom stereocenters. The average molecular weight is 265 g/mol. The molecule has 0 spiro atoms. The highest BCUT2D eigenvalue weighted by atomic mass is 32.1. The summed E-state index contributed by atoms with van der Waals surface area (Å²) in [5, 5.41) is 6.33. The largest absolute Gasteiger partial charge is 0.306 e. The Balaban J connectivity index is 2.08. The van der Waals surface area contributed by atoms with E-state index in [0.29, 0.717) is 5.69 Å². The molecule has 18 heavy (non-hydrogen) atoms. The third-order valence-electron chi connectivity index (χ3n) is 2.31. The second kappa shape index (κ2) is 5.12. The van der Waals surface area contributed by atoms with Gasteiger partial charge in [0, 0.05) is 17.5 Å². The highest BCUT2D eigenvalue weighted by Crippen LogP contribution is 2.20. The van der Waals surface area contributed by atoms with Gasteiger partial charge in [-0.25, -0.2) is 9.37 Å². The lowest BCUT2D eigenvalue weighted by molar-refractivity contribution is 0.424. The van der Waals surface area contributed by atoms with Crippen molar-refractivity contribution in [2.24, 2.45) is 0 Å². The van der Waals surface area contributed by atoms with Crippen LogP contribution in [0.15, 0.2) is 23.7 Å². The number of pyridine rings is 1. The molecule has 2 aromatic heterocycles. The third-order valence-corrected chi connectivity index (χ3v) is 3.16. The standard InChI is InChI=1S/C13H16FN3S/c1-13(2,3)16-7-12-17-11(8-18-12)10-5-4-9(14)6-15-10/h4-6,8,16H,7H2,1-3H3. The molecule has 0 aliphatic carbocycles. The van der Waals surface area contributed by atoms with E-state index in [0.717, 1.165) is 17.2 Å². The summed E-state index contributed by atoms with van der Waals surface area (Å²) in [5.74, 6) is -0.330. The summed E-state index contributed by atoms with van der Waals surface area (Å²) in [6, 6.07) is 3.04. The van der Waals surface area contributed by atoms with Crippen molar-refractivity contribution in [2.75, 3.05) is 0 Å². The first-order valence-electron chi connectivity index (χ1n) is 5.75. The van der Waals surface area contributed by atoms with Crippen LogP contribution in [-0.2, 0) is 6.54 Å². The minimum absolute atomic E-state index is 0.0694. The molecule has 96 valence electrons. The topological polar surface area (TPSA) is 37.8 Å². The lowest BCUT2D eigenvalue weighted by Crippen LogP contribution is -2.34. The minimum atomic E-state index is -0.330. The molecule has 2 aromatic rings. The number of hydrogen-bond acceptors (Lipinski definition) is 4. The Bertz CT molecular complexity index is 514. The van der Waals surface area contributed by atoms with Crippen LogP contribution >= 0.6 is 11.3 Å². The van der Waals surface area contributed by atoms with Crippen molar-refractivity contribution in [2.45, 2.75) is 32.9 Å². The average Bonchev–Trinajstić information content (AvgIpc) is 2.75. The zero-order chi connectivity index (χ0) is 13.2. The minimum Gasteiger partial charge on any atom is -0.306 e. The second-order valence-electron chi connectivity index (χ2n) is 5.09. The van der Waals surface area contributed by atoms with Gasteiger partial charge in [0.15, 0.2) is 0 Å². The Hall–Kier alpha value is -1.33. The van der Waals surface area contributed by atoms with Crippen molar-refractivity contribution in [3.63, 3.8) is 0 Å². The van der Waals surface area contributed by atoms with Crippen LogP contribution in [0, 0.1) is 5.82 Å². The van der Waals surface area contributed by atoms with Crippen molar-refractivity contribution in [1.82, 2.24) is 15.3 Å². The van der Waals surface area contributed by atoms with E-state index < -0.39 is 0 Å². The van der Waals surface area contributed by atoms with E-state index >= 15 is 0 Å². The predicted molar refractivity (Wildman–Crippen MR) is 71.9 cm³/mol. The molecule has 0 radical (unpaired) electrons. The van der Waals surface area contributed by atoms with Gasteiger partial charge in [0.25, 0.3) is 0 Å². The van der Waals surface area contributed by atoms with Crippen LogP contribution in [0.3, 0.4) is 0 Å². The molecule has 2 heterocycles. The monoisotopic (exact) mass is 265 g/mol. The fraction of sp³-hybridized carbons (Fsp3) is 0.385. The van der Waals surface area contributed by atoms with Gasteiger partial charge in [0.1, 0.15) is 10.8 Å². The Morgan fingerprint density at radius 3 is 2.67 bits per heavy atom. The van der Waals surface area contributed by atoms with Gasteiger partial charge in [0.05, 0.1) is 17.6 Å². The Labute approximate surface area is 110 Å². The zero-order valence-corrected chi connectivity index (χ0v) is 11.5. The Morgan fingerprint density at radius 2 is 2.06 bits per heavy atom. The van der Waals surface area contributed by atoms with Crippen molar-refractivity contribution < 1.29 is 4.39 Å². The van der Waals surface area contributed by atoms with Gasteiger partial charge in [-0.3, -0.25) is 4.98 Å². The van der Waals surface area contributed by atoms with Gasteiger partial charge in [0.2, 0.25) is 0 Å². The van der Waals surface area contributed by atoms with Crippen molar-refractivity contribution >= 4 is 11.3 Å². The van der Waals surface area contributed by atoms with Gasteiger partial charge in [-0.2, -0.15) is 0 Å². The number of hydrogen-bond donors (Lipinski definition) is 1. The predicted octanol–water partition coefficient (Wildman–Crippen LogP) is 3.23. The van der Waals surface area contributed by atoms with Gasteiger partial charge >= 0.3 is 0 Å². The molecular weight excluding hydrogens is 249 g/mol. The first-order chi connectivity index (χ1) is 8.44. The van der Waals surface area contributed by atoms with Crippen LogP contribution in [0.2, 0.25) is 0 Å². The number of thiazole rings is 1. The van der Waals surface area contributed by atoms with Gasteiger partial charge < -0.3 is 5.32 Å². The number of halogens is 1. The number of nitrogens with one attached hydrogen (secondary N) is 1. The maximum atomic E-state index is 12.8. The molecule has 0 saturated carbocycles. The van der Waals surface area contributed by atoms with Crippen molar-refractivity contribution in [3.05, 3.63) is 34.5 Å². The highest BCUT2D eigenvalue weighted by molar-refractivity contribution is 7.09. The van der Waals surface area contributed by atoms with Crippen LogP contribution < -0.4 is 5.32 Å². The quantitative estimate of drug-likeness (QED) is 0.926. The summed E-state index contributed by atoms with van der Waals surface area (Å²) in [4.78, 5) is 8.50. The summed E-state index contributed by atoms with van der Waals surface area (Å²) in [6.45, 7) is 7.07. The molecule has 0 aliphatic rings. The molecule has 0 aromatic carbocycles. The molecule has 2 rings (SSSR count). The van der Waals surface area contributed by atoms with Crippen LogP contribution in [0.1, 0.15) is 25.8 Å². The maximum absolute atomic E-state index is 12.8. The fourth-order valence-electron chi connectivity index (χ4n) is 1.38. The normalized spacial score (nSPS) is 11.8. The van der Waals surface area contributed by atoms with Gasteiger partial charge in [-0.15, -0.1) is 11.3 Å². The molecule has 0 aliphatic heterocycles. The zero-order valence-electron chi connectivity index (χ0n) is 10.7. The van der Waals surface area contributed by atoms with Crippen molar-refractivity contribution in [3.8, 4) is 11.4 Å². The smallest absolute Gasteiger partial charge is 0.141 e. The van der Waals surface area contributed by atoms with E-state index in [1.807, 2.05) is 5.38 Å². The SMILES string of the molecule is CC(C)(C)NCc1nc(-c2ccc(F)cn2)cs1. The van der Waals surface area contributed by atoms with Gasteiger partial charge in [-0.1, -0.05) is 0 Å². The molecule has 0 unspecified atom stereocenters. The van der Waals surface area contributed by atoms with E-state index in [1.54, 1.807) is 17.4 Å². The third kappa shape index (κ3) is 3.58. The lowest BCUT2D eigenvalue weighted by Gasteiger charge is -2.19. The second-order valence-corrected chi connectivity index (χ2v) is 6.03. The van der Waals surface area contributed by atoms with Gasteiger partial charge in [-0.05, 0) is 32.9 Å². The molecule has 0 saturated heterocycles. The molecule has 3 nitrogen and oxygen atoms in total. The summed E-state index contributed by atoms with van der Waals surface area (Å²) >= 11 is 1.58. The summed E-state index contributed by atoms with van der Waals surface area (Å²) < 4.78 is 12.8. The Kier molecular flexibility index (Phi) is 3.73. The molecule has 0 bridgehead atoms. The van der Waals surface area contributed by atoms with Crippen LogP contribution in [0.25, 0.3) is 11.4 Å².